The normalized spacial score (nSPS) is 45.4. The summed E-state index contributed by atoms with van der Waals surface area (Å²) in [7, 11) is 0. The molecule has 2 fully saturated rings. The van der Waals surface area contributed by atoms with Crippen molar-refractivity contribution in [1.29, 1.82) is 0 Å². The first-order valence-electron chi connectivity index (χ1n) is 6.75. The third kappa shape index (κ3) is 1.61. The van der Waals surface area contributed by atoms with E-state index in [9.17, 15) is 9.90 Å². The van der Waals surface area contributed by atoms with Crippen molar-refractivity contribution < 1.29 is 9.90 Å². The summed E-state index contributed by atoms with van der Waals surface area (Å²) >= 11 is 0. The van der Waals surface area contributed by atoms with E-state index in [0.717, 1.165) is 32.1 Å². The highest BCUT2D eigenvalue weighted by molar-refractivity contribution is 5.97. The van der Waals surface area contributed by atoms with Gasteiger partial charge in [0, 0.05) is 11.3 Å². The molecule has 0 bridgehead atoms. The fourth-order valence-electron chi connectivity index (χ4n) is 4.17. The number of aliphatic hydroxyl groups is 1. The highest BCUT2D eigenvalue weighted by Crippen LogP contribution is 2.60. The van der Waals surface area contributed by atoms with Crippen LogP contribution in [0.3, 0.4) is 0 Å². The number of Topliss-reactive ketones (excluding diaryl/α,β-unsaturated/α-hetero) is 1. The number of hydrogen-bond acceptors (Lipinski definition) is 2. The van der Waals surface area contributed by atoms with Crippen LogP contribution in [0.5, 0.6) is 0 Å². The van der Waals surface area contributed by atoms with E-state index in [1.807, 2.05) is 0 Å². The standard InChI is InChI=1S/C15H24O2/c1-10(2)13(16)12-7-9-15(17)8-5-6-11(3)14(12,15)4/h11-12,17H,1,5-9H2,2-4H3. The number of allylic oxidation sites excluding steroid dienone is 1. The second-order valence-electron chi connectivity index (χ2n) is 6.34. The summed E-state index contributed by atoms with van der Waals surface area (Å²) in [4.78, 5) is 12.3. The maximum absolute atomic E-state index is 12.3. The summed E-state index contributed by atoms with van der Waals surface area (Å²) in [5, 5.41) is 10.9. The summed E-state index contributed by atoms with van der Waals surface area (Å²) in [6.45, 7) is 9.88. The predicted molar refractivity (Wildman–Crippen MR) is 68.6 cm³/mol. The number of hydrogen-bond donors (Lipinski definition) is 1. The Kier molecular flexibility index (Phi) is 2.97. The van der Waals surface area contributed by atoms with Crippen molar-refractivity contribution in [2.75, 3.05) is 0 Å². The summed E-state index contributed by atoms with van der Waals surface area (Å²) in [5.41, 5.74) is -0.236. The molecule has 0 aliphatic heterocycles. The van der Waals surface area contributed by atoms with Gasteiger partial charge in [-0.05, 0) is 44.1 Å². The molecule has 2 saturated carbocycles. The molecule has 17 heavy (non-hydrogen) atoms. The molecule has 0 spiro atoms. The Balaban J connectivity index is 2.38. The first-order chi connectivity index (χ1) is 7.83. The molecule has 1 N–H and O–H groups in total. The monoisotopic (exact) mass is 236 g/mol. The quantitative estimate of drug-likeness (QED) is 0.748. The first kappa shape index (κ1) is 12.8. The van der Waals surface area contributed by atoms with Gasteiger partial charge in [-0.2, -0.15) is 0 Å². The molecule has 2 aliphatic carbocycles. The van der Waals surface area contributed by atoms with E-state index in [4.69, 9.17) is 0 Å². The molecule has 2 nitrogen and oxygen atoms in total. The third-order valence-electron chi connectivity index (χ3n) is 5.56. The summed E-state index contributed by atoms with van der Waals surface area (Å²) in [6.07, 6.45) is 4.66. The average molecular weight is 236 g/mol. The summed E-state index contributed by atoms with van der Waals surface area (Å²) < 4.78 is 0. The molecule has 0 heterocycles. The van der Waals surface area contributed by atoms with Crippen molar-refractivity contribution in [1.82, 2.24) is 0 Å². The lowest BCUT2D eigenvalue weighted by Crippen LogP contribution is -2.53. The van der Waals surface area contributed by atoms with Crippen LogP contribution in [0.25, 0.3) is 0 Å². The second kappa shape index (κ2) is 3.94. The maximum Gasteiger partial charge on any atom is 0.161 e. The Morgan fingerprint density at radius 3 is 2.59 bits per heavy atom. The van der Waals surface area contributed by atoms with Gasteiger partial charge < -0.3 is 5.11 Å². The van der Waals surface area contributed by atoms with Gasteiger partial charge in [0.05, 0.1) is 5.60 Å². The van der Waals surface area contributed by atoms with Crippen LogP contribution < -0.4 is 0 Å². The Morgan fingerprint density at radius 2 is 2.00 bits per heavy atom. The Labute approximate surface area is 104 Å². The molecule has 0 saturated heterocycles. The Morgan fingerprint density at radius 1 is 1.35 bits per heavy atom. The van der Waals surface area contributed by atoms with Crippen LogP contribution in [0.2, 0.25) is 0 Å². The van der Waals surface area contributed by atoms with Crippen molar-refractivity contribution in [2.24, 2.45) is 17.3 Å². The fraction of sp³-hybridized carbons (Fsp3) is 0.800. The first-order valence-corrected chi connectivity index (χ1v) is 6.75. The van der Waals surface area contributed by atoms with E-state index in [1.54, 1.807) is 6.92 Å². The van der Waals surface area contributed by atoms with Gasteiger partial charge in [-0.15, -0.1) is 0 Å². The molecule has 4 atom stereocenters. The van der Waals surface area contributed by atoms with Crippen molar-refractivity contribution in [3.63, 3.8) is 0 Å². The zero-order chi connectivity index (χ0) is 12.8. The molecular weight excluding hydrogens is 212 g/mol. The minimum Gasteiger partial charge on any atom is -0.389 e. The van der Waals surface area contributed by atoms with Crippen LogP contribution in [-0.2, 0) is 4.79 Å². The Bertz CT molecular complexity index is 360. The topological polar surface area (TPSA) is 37.3 Å². The van der Waals surface area contributed by atoms with E-state index in [2.05, 4.69) is 20.4 Å². The van der Waals surface area contributed by atoms with Crippen LogP contribution in [0, 0.1) is 17.3 Å². The van der Waals surface area contributed by atoms with E-state index in [0.29, 0.717) is 11.5 Å². The van der Waals surface area contributed by atoms with E-state index in [1.165, 1.54) is 0 Å². The molecule has 4 unspecified atom stereocenters. The van der Waals surface area contributed by atoms with Crippen molar-refractivity contribution in [3.8, 4) is 0 Å². The second-order valence-corrected chi connectivity index (χ2v) is 6.34. The number of carbonyl (C=O) groups is 1. The van der Waals surface area contributed by atoms with Gasteiger partial charge in [-0.3, -0.25) is 4.79 Å². The molecule has 2 heteroatoms. The lowest BCUT2D eigenvalue weighted by molar-refractivity contribution is -0.145. The zero-order valence-corrected chi connectivity index (χ0v) is 11.3. The van der Waals surface area contributed by atoms with E-state index >= 15 is 0 Å². The minimum atomic E-state index is -0.625. The van der Waals surface area contributed by atoms with Gasteiger partial charge in [0.15, 0.2) is 5.78 Å². The number of rotatable bonds is 2. The molecule has 0 radical (unpaired) electrons. The molecule has 2 aliphatic rings. The van der Waals surface area contributed by atoms with E-state index < -0.39 is 5.60 Å². The number of carbonyl (C=O) groups excluding carboxylic acids is 1. The molecule has 0 amide bonds. The van der Waals surface area contributed by atoms with Crippen LogP contribution in [0.1, 0.15) is 52.9 Å². The van der Waals surface area contributed by atoms with Crippen LogP contribution in [0.4, 0.5) is 0 Å². The number of ketones is 1. The highest BCUT2D eigenvalue weighted by Gasteiger charge is 2.61. The molecule has 2 rings (SSSR count). The molecule has 0 aromatic carbocycles. The summed E-state index contributed by atoms with van der Waals surface area (Å²) in [5.74, 6) is 0.550. The van der Waals surface area contributed by atoms with Gasteiger partial charge >= 0.3 is 0 Å². The number of fused-ring (bicyclic) bond motifs is 1. The van der Waals surface area contributed by atoms with Crippen LogP contribution >= 0.6 is 0 Å². The SMILES string of the molecule is C=C(C)C(=O)C1CCC2(O)CCCC(C)C12C. The van der Waals surface area contributed by atoms with Crippen molar-refractivity contribution in [3.05, 3.63) is 12.2 Å². The molecule has 0 aromatic rings. The summed E-state index contributed by atoms with van der Waals surface area (Å²) in [6, 6.07) is 0. The van der Waals surface area contributed by atoms with Crippen molar-refractivity contribution >= 4 is 5.78 Å². The van der Waals surface area contributed by atoms with Gasteiger partial charge in [0.1, 0.15) is 0 Å². The van der Waals surface area contributed by atoms with E-state index in [-0.39, 0.29) is 17.1 Å². The molecule has 0 aromatic heterocycles. The molecule has 96 valence electrons. The average Bonchev–Trinajstić information content (AvgIpc) is 2.53. The highest BCUT2D eigenvalue weighted by atomic mass is 16.3. The maximum atomic E-state index is 12.3. The van der Waals surface area contributed by atoms with Crippen LogP contribution in [-0.4, -0.2) is 16.5 Å². The largest absolute Gasteiger partial charge is 0.389 e. The van der Waals surface area contributed by atoms with Crippen molar-refractivity contribution in [2.45, 2.75) is 58.5 Å². The predicted octanol–water partition coefficient (Wildman–Crippen LogP) is 3.10. The van der Waals surface area contributed by atoms with Crippen LogP contribution in [0.15, 0.2) is 12.2 Å². The van der Waals surface area contributed by atoms with Gasteiger partial charge in [0.25, 0.3) is 0 Å². The minimum absolute atomic E-state index is 0.0275. The molecular formula is C15H24O2. The lowest BCUT2D eigenvalue weighted by atomic mass is 9.56. The van der Waals surface area contributed by atoms with Gasteiger partial charge in [-0.25, -0.2) is 0 Å². The lowest BCUT2D eigenvalue weighted by Gasteiger charge is -2.50. The Hall–Kier alpha value is -0.630. The zero-order valence-electron chi connectivity index (χ0n) is 11.3. The van der Waals surface area contributed by atoms with Gasteiger partial charge in [-0.1, -0.05) is 26.8 Å². The third-order valence-corrected chi connectivity index (χ3v) is 5.56. The fourth-order valence-corrected chi connectivity index (χ4v) is 4.17. The smallest absolute Gasteiger partial charge is 0.161 e. The van der Waals surface area contributed by atoms with Gasteiger partial charge in [0.2, 0.25) is 0 Å².